The summed E-state index contributed by atoms with van der Waals surface area (Å²) in [7, 11) is 0. The molecule has 0 atom stereocenters. The minimum Gasteiger partial charge on any atom is -0.341 e. The lowest BCUT2D eigenvalue weighted by Crippen LogP contribution is -2.13. The van der Waals surface area contributed by atoms with Crippen molar-refractivity contribution in [2.75, 3.05) is 18.0 Å². The summed E-state index contributed by atoms with van der Waals surface area (Å²) in [6, 6.07) is 17.6. The number of benzene rings is 2. The Morgan fingerprint density at radius 1 is 1.00 bits per heavy atom. The van der Waals surface area contributed by atoms with E-state index in [9.17, 15) is 0 Å². The fourth-order valence-electron chi connectivity index (χ4n) is 2.76. The van der Waals surface area contributed by atoms with Gasteiger partial charge in [0.2, 0.25) is 0 Å². The molecule has 0 bridgehead atoms. The molecule has 0 amide bonds. The van der Waals surface area contributed by atoms with Gasteiger partial charge in [0.1, 0.15) is 0 Å². The van der Waals surface area contributed by atoms with Crippen molar-refractivity contribution >= 4 is 11.4 Å². The number of nitrogens with zero attached hydrogens (tertiary/aromatic N) is 1. The van der Waals surface area contributed by atoms with E-state index in [1.807, 2.05) is 0 Å². The Labute approximate surface area is 114 Å². The Bertz CT molecular complexity index is 545. The molecule has 0 unspecified atom stereocenters. The molecule has 0 radical (unpaired) electrons. The van der Waals surface area contributed by atoms with Crippen molar-refractivity contribution in [3.63, 3.8) is 0 Å². The highest BCUT2D eigenvalue weighted by Crippen LogP contribution is 2.34. The number of rotatable bonds is 4. The van der Waals surface area contributed by atoms with Crippen LogP contribution in [0, 0.1) is 0 Å². The third-order valence-electron chi connectivity index (χ3n) is 3.80. The second kappa shape index (κ2) is 5.45. The van der Waals surface area contributed by atoms with Crippen LogP contribution in [0.1, 0.15) is 17.5 Å². The lowest BCUT2D eigenvalue weighted by molar-refractivity contribution is 0.832. The van der Waals surface area contributed by atoms with Gasteiger partial charge < -0.3 is 10.6 Å². The third-order valence-corrected chi connectivity index (χ3v) is 3.80. The lowest BCUT2D eigenvalue weighted by Gasteiger charge is -2.19. The van der Waals surface area contributed by atoms with Crippen LogP contribution in [0.5, 0.6) is 0 Å². The molecule has 0 aliphatic carbocycles. The van der Waals surface area contributed by atoms with Gasteiger partial charge in [0.05, 0.1) is 0 Å². The molecule has 1 aliphatic heterocycles. The molecule has 2 heteroatoms. The molecule has 1 aliphatic rings. The largest absolute Gasteiger partial charge is 0.341 e. The number of hydrogen-bond donors (Lipinski definition) is 1. The summed E-state index contributed by atoms with van der Waals surface area (Å²) in [5, 5.41) is 0. The molecule has 3 rings (SSSR count). The number of para-hydroxylation sites is 1. The number of fused-ring (bicyclic) bond motifs is 1. The van der Waals surface area contributed by atoms with Crippen LogP contribution in [0.2, 0.25) is 0 Å². The van der Waals surface area contributed by atoms with Gasteiger partial charge in [-0.05, 0) is 55.1 Å². The van der Waals surface area contributed by atoms with E-state index in [1.165, 1.54) is 22.5 Å². The Morgan fingerprint density at radius 3 is 2.58 bits per heavy atom. The first-order valence-electron chi connectivity index (χ1n) is 7.03. The van der Waals surface area contributed by atoms with Crippen LogP contribution in [0.4, 0.5) is 11.4 Å². The summed E-state index contributed by atoms with van der Waals surface area (Å²) in [4.78, 5) is 2.40. The highest BCUT2D eigenvalue weighted by Gasteiger charge is 2.19. The number of nitrogens with two attached hydrogens (primary N) is 1. The summed E-state index contributed by atoms with van der Waals surface area (Å²) < 4.78 is 0. The van der Waals surface area contributed by atoms with Crippen molar-refractivity contribution in [3.05, 3.63) is 59.7 Å². The average Bonchev–Trinajstić information content (AvgIpc) is 2.90. The Balaban J connectivity index is 1.80. The Hall–Kier alpha value is -1.80. The third kappa shape index (κ3) is 2.49. The molecule has 0 spiro atoms. The smallest absolute Gasteiger partial charge is 0.0444 e. The van der Waals surface area contributed by atoms with Gasteiger partial charge in [-0.15, -0.1) is 0 Å². The van der Waals surface area contributed by atoms with Gasteiger partial charge in [0, 0.05) is 17.9 Å². The van der Waals surface area contributed by atoms with Gasteiger partial charge in [-0.25, -0.2) is 0 Å². The van der Waals surface area contributed by atoms with Crippen LogP contribution < -0.4 is 10.6 Å². The van der Waals surface area contributed by atoms with E-state index in [0.717, 1.165) is 32.4 Å². The summed E-state index contributed by atoms with van der Waals surface area (Å²) in [6.45, 7) is 1.85. The molecule has 0 saturated heterocycles. The van der Waals surface area contributed by atoms with Crippen LogP contribution in [0.25, 0.3) is 0 Å². The molecule has 0 aromatic heterocycles. The van der Waals surface area contributed by atoms with Crippen molar-refractivity contribution in [2.24, 2.45) is 5.73 Å². The maximum Gasteiger partial charge on any atom is 0.0444 e. The standard InChI is InChI=1S/C17H20N2/c18-12-3-4-14-7-9-16(10-8-14)19-13-11-15-5-1-2-6-17(15)19/h1-2,5-10H,3-4,11-13,18H2. The molecule has 0 saturated carbocycles. The fourth-order valence-corrected chi connectivity index (χ4v) is 2.76. The van der Waals surface area contributed by atoms with Crippen LogP contribution in [0.3, 0.4) is 0 Å². The monoisotopic (exact) mass is 252 g/mol. The molecule has 19 heavy (non-hydrogen) atoms. The van der Waals surface area contributed by atoms with Crippen LogP contribution in [0.15, 0.2) is 48.5 Å². The van der Waals surface area contributed by atoms with Crippen LogP contribution >= 0.6 is 0 Å². The lowest BCUT2D eigenvalue weighted by atomic mass is 10.1. The predicted molar refractivity (Wildman–Crippen MR) is 81.0 cm³/mol. The molecule has 0 fully saturated rings. The van der Waals surface area contributed by atoms with Crippen LogP contribution in [-0.2, 0) is 12.8 Å². The van der Waals surface area contributed by atoms with Gasteiger partial charge in [-0.2, -0.15) is 0 Å². The number of hydrogen-bond acceptors (Lipinski definition) is 2. The van der Waals surface area contributed by atoms with Crippen molar-refractivity contribution in [2.45, 2.75) is 19.3 Å². The zero-order valence-electron chi connectivity index (χ0n) is 11.2. The summed E-state index contributed by atoms with van der Waals surface area (Å²) in [6.07, 6.45) is 3.28. The van der Waals surface area contributed by atoms with Crippen molar-refractivity contribution < 1.29 is 0 Å². The molecule has 2 nitrogen and oxygen atoms in total. The maximum atomic E-state index is 5.55. The van der Waals surface area contributed by atoms with Crippen molar-refractivity contribution in [3.8, 4) is 0 Å². The average molecular weight is 252 g/mol. The molecule has 2 N–H and O–H groups in total. The number of aryl methyl sites for hydroxylation is 1. The highest BCUT2D eigenvalue weighted by atomic mass is 15.2. The van der Waals surface area contributed by atoms with Gasteiger partial charge in [0.15, 0.2) is 0 Å². The maximum absolute atomic E-state index is 5.55. The minimum absolute atomic E-state index is 0.765. The quantitative estimate of drug-likeness (QED) is 0.905. The van der Waals surface area contributed by atoms with Gasteiger partial charge >= 0.3 is 0 Å². The molecular weight excluding hydrogens is 232 g/mol. The van der Waals surface area contributed by atoms with Gasteiger partial charge in [-0.3, -0.25) is 0 Å². The van der Waals surface area contributed by atoms with Gasteiger partial charge in [0.25, 0.3) is 0 Å². The summed E-state index contributed by atoms with van der Waals surface area (Å²) in [5.74, 6) is 0. The highest BCUT2D eigenvalue weighted by molar-refractivity contribution is 5.69. The van der Waals surface area contributed by atoms with Crippen LogP contribution in [-0.4, -0.2) is 13.1 Å². The first-order chi connectivity index (χ1) is 9.38. The van der Waals surface area contributed by atoms with E-state index in [1.54, 1.807) is 0 Å². The predicted octanol–water partition coefficient (Wildman–Crippen LogP) is 3.27. The first-order valence-corrected chi connectivity index (χ1v) is 7.03. The first kappa shape index (κ1) is 12.2. The molecule has 2 aromatic rings. The van der Waals surface area contributed by atoms with E-state index >= 15 is 0 Å². The summed E-state index contributed by atoms with van der Waals surface area (Å²) >= 11 is 0. The zero-order chi connectivity index (χ0) is 13.1. The van der Waals surface area contributed by atoms with E-state index in [0.29, 0.717) is 0 Å². The zero-order valence-corrected chi connectivity index (χ0v) is 11.2. The van der Waals surface area contributed by atoms with E-state index in [-0.39, 0.29) is 0 Å². The molecule has 98 valence electrons. The van der Waals surface area contributed by atoms with Gasteiger partial charge in [-0.1, -0.05) is 30.3 Å². The van der Waals surface area contributed by atoms with Crippen molar-refractivity contribution in [1.82, 2.24) is 0 Å². The van der Waals surface area contributed by atoms with Crippen molar-refractivity contribution in [1.29, 1.82) is 0 Å². The molecule has 1 heterocycles. The van der Waals surface area contributed by atoms with E-state index in [4.69, 9.17) is 5.73 Å². The van der Waals surface area contributed by atoms with E-state index < -0.39 is 0 Å². The Morgan fingerprint density at radius 2 is 1.79 bits per heavy atom. The van der Waals surface area contributed by atoms with E-state index in [2.05, 4.69) is 53.4 Å². The fraction of sp³-hybridized carbons (Fsp3) is 0.294. The Kier molecular flexibility index (Phi) is 3.51. The second-order valence-corrected chi connectivity index (χ2v) is 5.09. The SMILES string of the molecule is NCCCc1ccc(N2CCc3ccccc32)cc1. The topological polar surface area (TPSA) is 29.3 Å². The number of anilines is 2. The molecular formula is C17H20N2. The minimum atomic E-state index is 0.765. The second-order valence-electron chi connectivity index (χ2n) is 5.09. The molecule has 2 aromatic carbocycles. The summed E-state index contributed by atoms with van der Waals surface area (Å²) in [5.41, 5.74) is 11.0. The normalized spacial score (nSPS) is 13.6.